The number of hydrogen-bond donors (Lipinski definition) is 2. The van der Waals surface area contributed by atoms with E-state index >= 15 is 0 Å². The molecule has 0 fully saturated rings. The molecule has 7 nitrogen and oxygen atoms in total. The first-order chi connectivity index (χ1) is 14.9. The lowest BCUT2D eigenvalue weighted by Crippen LogP contribution is -2.18. The quantitative estimate of drug-likeness (QED) is 0.492. The highest BCUT2D eigenvalue weighted by Gasteiger charge is 2.12. The van der Waals surface area contributed by atoms with E-state index in [-0.39, 0.29) is 11.8 Å². The van der Waals surface area contributed by atoms with Crippen molar-refractivity contribution in [2.45, 2.75) is 27.3 Å². The van der Waals surface area contributed by atoms with E-state index in [4.69, 9.17) is 0 Å². The molecule has 4 rings (SSSR count). The smallest absolute Gasteiger partial charge is 0.257 e. The summed E-state index contributed by atoms with van der Waals surface area (Å²) in [4.78, 5) is 37.3. The predicted octanol–water partition coefficient (Wildman–Crippen LogP) is 4.26. The number of carbonyl (C=O) groups excluding carboxylic acids is 2. The number of thiazole rings is 1. The standard InChI is InChI=1S/C23H21N5O2S/c1-13-14(2)26-20-10-18(8-9-19(20)25-13)22(30)28-23-27-21(12-31-23)17-6-4-16(5-7-17)11-24-15(3)29/h4-10,12H,11H2,1-3H3,(H,24,29)(H,27,28,30). The molecule has 8 heteroatoms. The van der Waals surface area contributed by atoms with Crippen LogP contribution in [-0.4, -0.2) is 26.8 Å². The first-order valence-electron chi connectivity index (χ1n) is 9.74. The van der Waals surface area contributed by atoms with Gasteiger partial charge in [0, 0.05) is 30.0 Å². The summed E-state index contributed by atoms with van der Waals surface area (Å²) in [6, 6.07) is 13.1. The summed E-state index contributed by atoms with van der Waals surface area (Å²) in [6.07, 6.45) is 0. The van der Waals surface area contributed by atoms with Crippen LogP contribution in [0.25, 0.3) is 22.3 Å². The zero-order valence-electron chi connectivity index (χ0n) is 17.4. The van der Waals surface area contributed by atoms with E-state index in [1.807, 2.05) is 43.5 Å². The van der Waals surface area contributed by atoms with Crippen molar-refractivity contribution in [3.8, 4) is 11.3 Å². The second-order valence-corrected chi connectivity index (χ2v) is 8.05. The zero-order chi connectivity index (χ0) is 22.0. The molecule has 2 aromatic carbocycles. The average molecular weight is 432 g/mol. The van der Waals surface area contributed by atoms with Gasteiger partial charge in [0.1, 0.15) is 0 Å². The molecule has 31 heavy (non-hydrogen) atoms. The van der Waals surface area contributed by atoms with Gasteiger partial charge in [-0.3, -0.25) is 14.9 Å². The molecule has 0 spiro atoms. The van der Waals surface area contributed by atoms with Gasteiger partial charge in [0.2, 0.25) is 5.91 Å². The van der Waals surface area contributed by atoms with Crippen molar-refractivity contribution < 1.29 is 9.59 Å². The molecule has 0 aliphatic rings. The molecule has 4 aromatic rings. The van der Waals surface area contributed by atoms with E-state index in [2.05, 4.69) is 25.6 Å². The fraction of sp³-hybridized carbons (Fsp3) is 0.174. The number of fused-ring (bicyclic) bond motifs is 1. The summed E-state index contributed by atoms with van der Waals surface area (Å²) in [5.41, 5.74) is 6.41. The fourth-order valence-electron chi connectivity index (χ4n) is 3.02. The number of amides is 2. The number of hydrogen-bond acceptors (Lipinski definition) is 6. The summed E-state index contributed by atoms with van der Waals surface area (Å²) in [7, 11) is 0. The van der Waals surface area contributed by atoms with Gasteiger partial charge in [-0.1, -0.05) is 24.3 Å². The third-order valence-corrected chi connectivity index (χ3v) is 5.61. The van der Waals surface area contributed by atoms with Crippen LogP contribution in [0.3, 0.4) is 0 Å². The summed E-state index contributed by atoms with van der Waals surface area (Å²) >= 11 is 1.37. The number of aromatic nitrogens is 3. The van der Waals surface area contributed by atoms with Crippen LogP contribution in [0, 0.1) is 13.8 Å². The van der Waals surface area contributed by atoms with E-state index < -0.39 is 0 Å². The van der Waals surface area contributed by atoms with Crippen molar-refractivity contribution in [1.29, 1.82) is 0 Å². The van der Waals surface area contributed by atoms with Gasteiger partial charge in [-0.25, -0.2) is 15.0 Å². The number of aryl methyl sites for hydroxylation is 2. The topological polar surface area (TPSA) is 96.9 Å². The first kappa shape index (κ1) is 20.6. The molecule has 0 saturated heterocycles. The van der Waals surface area contributed by atoms with Crippen LogP contribution >= 0.6 is 11.3 Å². The third kappa shape index (κ3) is 4.75. The predicted molar refractivity (Wildman–Crippen MR) is 122 cm³/mol. The highest BCUT2D eigenvalue weighted by atomic mass is 32.1. The van der Waals surface area contributed by atoms with E-state index in [9.17, 15) is 9.59 Å². The van der Waals surface area contributed by atoms with Crippen LogP contribution < -0.4 is 10.6 Å². The third-order valence-electron chi connectivity index (χ3n) is 4.85. The van der Waals surface area contributed by atoms with Crippen LogP contribution in [0.2, 0.25) is 0 Å². The second kappa shape index (κ2) is 8.61. The molecule has 0 aliphatic heterocycles. The Morgan fingerprint density at radius 2 is 1.65 bits per heavy atom. The van der Waals surface area contributed by atoms with Crippen LogP contribution in [0.5, 0.6) is 0 Å². The van der Waals surface area contributed by atoms with Crippen molar-refractivity contribution in [1.82, 2.24) is 20.3 Å². The molecule has 0 atom stereocenters. The van der Waals surface area contributed by atoms with Crippen LogP contribution in [-0.2, 0) is 11.3 Å². The molecule has 0 radical (unpaired) electrons. The maximum atomic E-state index is 12.7. The van der Waals surface area contributed by atoms with Gasteiger partial charge in [0.05, 0.1) is 28.1 Å². The largest absolute Gasteiger partial charge is 0.352 e. The lowest BCUT2D eigenvalue weighted by Gasteiger charge is -2.05. The van der Waals surface area contributed by atoms with Crippen molar-refractivity contribution >= 4 is 39.3 Å². The Labute approximate surface area is 183 Å². The molecule has 2 aromatic heterocycles. The van der Waals surface area contributed by atoms with Gasteiger partial charge >= 0.3 is 0 Å². The minimum absolute atomic E-state index is 0.0623. The summed E-state index contributed by atoms with van der Waals surface area (Å²) in [5, 5.41) is 8.05. The Morgan fingerprint density at radius 3 is 2.35 bits per heavy atom. The lowest BCUT2D eigenvalue weighted by molar-refractivity contribution is -0.119. The number of rotatable bonds is 5. The molecular weight excluding hydrogens is 410 g/mol. The molecular formula is C23H21N5O2S. The molecule has 156 valence electrons. The van der Waals surface area contributed by atoms with Crippen molar-refractivity contribution in [3.63, 3.8) is 0 Å². The Bertz CT molecular complexity index is 1280. The van der Waals surface area contributed by atoms with Crippen LogP contribution in [0.15, 0.2) is 47.8 Å². The van der Waals surface area contributed by atoms with Crippen LogP contribution in [0.4, 0.5) is 5.13 Å². The lowest BCUT2D eigenvalue weighted by atomic mass is 10.1. The Balaban J connectivity index is 1.47. The maximum Gasteiger partial charge on any atom is 0.257 e. The van der Waals surface area contributed by atoms with Crippen molar-refractivity contribution in [3.05, 3.63) is 70.4 Å². The Morgan fingerprint density at radius 1 is 0.935 bits per heavy atom. The van der Waals surface area contributed by atoms with Gasteiger partial charge in [-0.05, 0) is 37.6 Å². The SMILES string of the molecule is CC(=O)NCc1ccc(-c2csc(NC(=O)c3ccc4nc(C)c(C)nc4c3)n2)cc1. The molecule has 2 N–H and O–H groups in total. The van der Waals surface area contributed by atoms with Gasteiger partial charge in [-0.15, -0.1) is 11.3 Å². The number of anilines is 1. The highest BCUT2D eigenvalue weighted by molar-refractivity contribution is 7.14. The zero-order valence-corrected chi connectivity index (χ0v) is 18.2. The minimum Gasteiger partial charge on any atom is -0.352 e. The maximum absolute atomic E-state index is 12.7. The highest BCUT2D eigenvalue weighted by Crippen LogP contribution is 2.26. The number of nitrogens with one attached hydrogen (secondary N) is 2. The first-order valence-corrected chi connectivity index (χ1v) is 10.6. The monoisotopic (exact) mass is 431 g/mol. The molecule has 0 unspecified atom stereocenters. The summed E-state index contributed by atoms with van der Waals surface area (Å²) in [6.45, 7) is 5.80. The van der Waals surface area contributed by atoms with Gasteiger partial charge in [0.15, 0.2) is 5.13 Å². The Kier molecular flexibility index (Phi) is 5.73. The van der Waals surface area contributed by atoms with E-state index in [0.29, 0.717) is 22.8 Å². The molecule has 0 saturated carbocycles. The molecule has 2 heterocycles. The molecule has 2 amide bonds. The minimum atomic E-state index is -0.242. The second-order valence-electron chi connectivity index (χ2n) is 7.20. The number of carbonyl (C=O) groups is 2. The van der Waals surface area contributed by atoms with Gasteiger partial charge < -0.3 is 5.32 Å². The van der Waals surface area contributed by atoms with Crippen molar-refractivity contribution in [2.75, 3.05) is 5.32 Å². The average Bonchev–Trinajstić information content (AvgIpc) is 3.21. The number of benzene rings is 2. The van der Waals surface area contributed by atoms with E-state index in [0.717, 1.165) is 33.7 Å². The van der Waals surface area contributed by atoms with Crippen molar-refractivity contribution in [2.24, 2.45) is 0 Å². The number of nitrogens with zero attached hydrogens (tertiary/aromatic N) is 3. The molecule has 0 bridgehead atoms. The van der Waals surface area contributed by atoms with E-state index in [1.165, 1.54) is 18.3 Å². The Hall–Kier alpha value is -3.65. The van der Waals surface area contributed by atoms with Gasteiger partial charge in [0.25, 0.3) is 5.91 Å². The summed E-state index contributed by atoms with van der Waals surface area (Å²) < 4.78 is 0. The fourth-order valence-corrected chi connectivity index (χ4v) is 3.74. The molecule has 0 aliphatic carbocycles. The van der Waals surface area contributed by atoms with Gasteiger partial charge in [-0.2, -0.15) is 0 Å². The summed E-state index contributed by atoms with van der Waals surface area (Å²) in [5.74, 6) is -0.304. The van der Waals surface area contributed by atoms with E-state index in [1.54, 1.807) is 18.2 Å². The normalized spacial score (nSPS) is 10.8. The van der Waals surface area contributed by atoms with Crippen LogP contribution in [0.1, 0.15) is 34.2 Å².